The number of aliphatic hydroxyl groups is 2. The minimum atomic E-state index is -1.74. The van der Waals surface area contributed by atoms with E-state index in [1.54, 1.807) is 60.7 Å². The molecule has 5 nitrogen and oxygen atoms in total. The molecule has 3 aliphatic rings. The number of rotatable bonds is 2. The number of hydrogen-bond acceptors (Lipinski definition) is 5. The first-order valence-electron chi connectivity index (χ1n) is 9.20. The quantitative estimate of drug-likeness (QED) is 0.446. The van der Waals surface area contributed by atoms with E-state index in [1.807, 2.05) is 0 Å². The fourth-order valence-corrected chi connectivity index (χ4v) is 4.85. The van der Waals surface area contributed by atoms with Gasteiger partial charge < -0.3 is 20.1 Å². The minimum absolute atomic E-state index is 0.114. The maximum absolute atomic E-state index is 13.1. The Bertz CT molecular complexity index is 1140. The van der Waals surface area contributed by atoms with Crippen LogP contribution in [0, 0.1) is 5.92 Å². The summed E-state index contributed by atoms with van der Waals surface area (Å²) in [5.41, 5.74) is -1.90. The zero-order valence-corrected chi connectivity index (χ0v) is 15.9. The second kappa shape index (κ2) is 6.07. The Morgan fingerprint density at radius 2 is 1.59 bits per heavy atom. The lowest BCUT2D eigenvalue weighted by atomic mass is 9.54. The number of carbonyl (C=O) groups is 1. The highest BCUT2D eigenvalue weighted by Crippen LogP contribution is 2.61. The molecule has 3 atom stereocenters. The van der Waals surface area contributed by atoms with Crippen LogP contribution in [-0.4, -0.2) is 21.3 Å². The van der Waals surface area contributed by atoms with E-state index in [1.165, 1.54) is 6.07 Å². The minimum Gasteiger partial charge on any atom is -0.508 e. The van der Waals surface area contributed by atoms with Crippen LogP contribution in [0.25, 0.3) is 0 Å². The largest absolute Gasteiger partial charge is 0.508 e. The van der Waals surface area contributed by atoms with Crippen LogP contribution in [0.5, 0.6) is 11.5 Å². The van der Waals surface area contributed by atoms with Crippen LogP contribution in [0.3, 0.4) is 0 Å². The van der Waals surface area contributed by atoms with Crippen molar-refractivity contribution in [2.45, 2.75) is 17.6 Å². The van der Waals surface area contributed by atoms with E-state index >= 15 is 0 Å². The highest BCUT2D eigenvalue weighted by atomic mass is 35.5. The highest BCUT2D eigenvalue weighted by Gasteiger charge is 2.63. The van der Waals surface area contributed by atoms with Crippen molar-refractivity contribution in [3.8, 4) is 11.5 Å². The van der Waals surface area contributed by atoms with Gasteiger partial charge in [0.1, 0.15) is 22.7 Å². The molecule has 3 N–H and O–H groups in total. The van der Waals surface area contributed by atoms with E-state index in [0.29, 0.717) is 27.5 Å². The zero-order chi connectivity index (χ0) is 20.4. The van der Waals surface area contributed by atoms with Crippen LogP contribution >= 0.6 is 11.6 Å². The molecule has 0 saturated carbocycles. The number of esters is 1. The third kappa shape index (κ3) is 2.38. The van der Waals surface area contributed by atoms with Crippen molar-refractivity contribution in [2.24, 2.45) is 5.92 Å². The summed E-state index contributed by atoms with van der Waals surface area (Å²) in [6, 6.07) is 17.9. The molecule has 0 amide bonds. The topological polar surface area (TPSA) is 87.0 Å². The van der Waals surface area contributed by atoms with Crippen molar-refractivity contribution >= 4 is 17.6 Å². The van der Waals surface area contributed by atoms with Gasteiger partial charge in [0.05, 0.1) is 5.92 Å². The zero-order valence-electron chi connectivity index (χ0n) is 15.2. The summed E-state index contributed by atoms with van der Waals surface area (Å²) in [4.78, 5) is 13.1. The second-order valence-electron chi connectivity index (χ2n) is 7.50. The monoisotopic (exact) mass is 408 g/mol. The van der Waals surface area contributed by atoms with Gasteiger partial charge in [-0.1, -0.05) is 48.0 Å². The number of hydrogen-bond donors (Lipinski definition) is 3. The fraction of sp³-hybridized carbons (Fsp3) is 0.174. The van der Waals surface area contributed by atoms with Crippen LogP contribution in [0.1, 0.15) is 28.7 Å². The number of phenolic OH excluding ortho intramolecular Hbond substituents is 1. The van der Waals surface area contributed by atoms with Crippen molar-refractivity contribution in [1.82, 2.24) is 0 Å². The van der Waals surface area contributed by atoms with Gasteiger partial charge in [-0.3, -0.25) is 4.79 Å². The molecule has 6 rings (SSSR count). The fourth-order valence-electron chi connectivity index (χ4n) is 4.72. The van der Waals surface area contributed by atoms with Gasteiger partial charge in [-0.05, 0) is 47.0 Å². The predicted molar refractivity (Wildman–Crippen MR) is 106 cm³/mol. The highest BCUT2D eigenvalue weighted by molar-refractivity contribution is 6.30. The summed E-state index contributed by atoms with van der Waals surface area (Å²) in [5, 5.41) is 34.5. The van der Waals surface area contributed by atoms with Crippen molar-refractivity contribution in [2.75, 3.05) is 0 Å². The molecule has 0 fully saturated rings. The van der Waals surface area contributed by atoms with Crippen molar-refractivity contribution in [1.29, 1.82) is 0 Å². The molecule has 0 aliphatic heterocycles. The smallest absolute Gasteiger partial charge is 0.318 e. The number of fused-ring (bicyclic) bond motifs is 1. The summed E-state index contributed by atoms with van der Waals surface area (Å²) >= 11 is 5.88. The number of benzene rings is 3. The lowest BCUT2D eigenvalue weighted by molar-refractivity contribution is -0.157. The molecule has 3 aromatic rings. The van der Waals surface area contributed by atoms with Crippen molar-refractivity contribution < 1.29 is 24.9 Å². The maximum Gasteiger partial charge on any atom is 0.318 e. The molecular weight excluding hydrogens is 392 g/mol. The van der Waals surface area contributed by atoms with Crippen LogP contribution < -0.4 is 4.74 Å². The van der Waals surface area contributed by atoms with Gasteiger partial charge in [0, 0.05) is 17.0 Å². The maximum atomic E-state index is 13.1. The number of phenols is 1. The Morgan fingerprint density at radius 3 is 2.31 bits per heavy atom. The first-order valence-corrected chi connectivity index (χ1v) is 9.58. The molecule has 3 unspecified atom stereocenters. The van der Waals surface area contributed by atoms with Crippen LogP contribution in [-0.2, 0) is 16.0 Å². The molecular formula is C23H17ClO5. The lowest BCUT2D eigenvalue weighted by Crippen LogP contribution is -2.57. The molecule has 29 heavy (non-hydrogen) atoms. The van der Waals surface area contributed by atoms with Crippen molar-refractivity contribution in [3.63, 3.8) is 0 Å². The Morgan fingerprint density at radius 1 is 0.931 bits per heavy atom. The average Bonchev–Trinajstić information content (AvgIpc) is 2.71. The van der Waals surface area contributed by atoms with Crippen LogP contribution in [0.4, 0.5) is 0 Å². The van der Waals surface area contributed by atoms with Gasteiger partial charge in [-0.2, -0.15) is 0 Å². The molecule has 6 heteroatoms. The normalized spacial score (nSPS) is 26.5. The third-order valence-electron chi connectivity index (χ3n) is 5.97. The Labute approximate surface area is 171 Å². The van der Waals surface area contributed by atoms with Crippen LogP contribution in [0.15, 0.2) is 66.7 Å². The molecule has 0 aromatic heterocycles. The van der Waals surface area contributed by atoms with E-state index in [-0.39, 0.29) is 17.7 Å². The SMILES string of the molecule is O=C(Oc1ccc(Cl)cc1)C1CC2(O)c3ccccc3C1(O)c1cccc(O)c12. The van der Waals surface area contributed by atoms with Crippen molar-refractivity contribution in [3.05, 3.63) is 94.0 Å². The van der Waals surface area contributed by atoms with Gasteiger partial charge >= 0.3 is 5.97 Å². The van der Waals surface area contributed by atoms with Crippen LogP contribution in [0.2, 0.25) is 5.02 Å². The van der Waals surface area contributed by atoms with E-state index < -0.39 is 23.1 Å². The summed E-state index contributed by atoms with van der Waals surface area (Å²) in [6.07, 6.45) is -0.114. The number of ether oxygens (including phenoxy) is 1. The summed E-state index contributed by atoms with van der Waals surface area (Å²) < 4.78 is 5.50. The molecule has 0 spiro atoms. The van der Waals surface area contributed by atoms with Gasteiger partial charge in [-0.25, -0.2) is 0 Å². The second-order valence-corrected chi connectivity index (χ2v) is 7.94. The Hall–Kier alpha value is -2.86. The first kappa shape index (κ1) is 18.2. The average molecular weight is 409 g/mol. The molecule has 3 aliphatic carbocycles. The van der Waals surface area contributed by atoms with Gasteiger partial charge in [0.25, 0.3) is 0 Å². The molecule has 146 valence electrons. The molecule has 0 radical (unpaired) electrons. The number of carbonyl (C=O) groups excluding carboxylic acids is 1. The van der Waals surface area contributed by atoms with E-state index in [2.05, 4.69) is 0 Å². The summed E-state index contributed by atoms with van der Waals surface area (Å²) in [5.74, 6) is -1.56. The Balaban J connectivity index is 1.67. The Kier molecular flexibility index (Phi) is 3.80. The van der Waals surface area contributed by atoms with E-state index in [4.69, 9.17) is 16.3 Å². The van der Waals surface area contributed by atoms with Gasteiger partial charge in [0.2, 0.25) is 0 Å². The lowest BCUT2D eigenvalue weighted by Gasteiger charge is -2.53. The summed E-state index contributed by atoms with van der Waals surface area (Å²) in [6.45, 7) is 0. The van der Waals surface area contributed by atoms with Gasteiger partial charge in [0.15, 0.2) is 0 Å². The third-order valence-corrected chi connectivity index (χ3v) is 6.22. The van der Waals surface area contributed by atoms with Gasteiger partial charge in [-0.15, -0.1) is 0 Å². The molecule has 0 saturated heterocycles. The molecule has 0 heterocycles. The first-order chi connectivity index (χ1) is 13.9. The predicted octanol–water partition coefficient (Wildman–Crippen LogP) is 3.46. The summed E-state index contributed by atoms with van der Waals surface area (Å²) in [7, 11) is 0. The molecule has 2 bridgehead atoms. The van der Waals surface area contributed by atoms with E-state index in [0.717, 1.165) is 0 Å². The number of halogens is 1. The standard InChI is InChI=1S/C23H17ClO5/c24-13-8-10-14(11-9-13)29-21(26)18-12-22(27)15-4-1-2-5-16(15)23(18,28)17-6-3-7-19(25)20(17)22/h1-11,18,25,27-28H,12H2. The number of aromatic hydroxyl groups is 1. The van der Waals surface area contributed by atoms with E-state index in [9.17, 15) is 20.1 Å². The molecule has 3 aromatic carbocycles.